The Hall–Kier alpha value is -1.20. The molecule has 0 spiro atoms. The topological polar surface area (TPSA) is 67.3 Å². The highest BCUT2D eigenvalue weighted by molar-refractivity contribution is 5.24. The zero-order valence-electron chi connectivity index (χ0n) is 9.44. The van der Waals surface area contributed by atoms with Crippen LogP contribution >= 0.6 is 0 Å². The van der Waals surface area contributed by atoms with Gasteiger partial charge in [-0.1, -0.05) is 0 Å². The van der Waals surface area contributed by atoms with E-state index < -0.39 is 5.60 Å². The zero-order chi connectivity index (χ0) is 11.4. The van der Waals surface area contributed by atoms with Crippen molar-refractivity contribution in [2.45, 2.75) is 24.9 Å². The second-order valence-corrected chi connectivity index (χ2v) is 4.05. The van der Waals surface area contributed by atoms with Gasteiger partial charge in [-0.2, -0.15) is 0 Å². The highest BCUT2D eigenvalue weighted by Crippen LogP contribution is 2.33. The van der Waals surface area contributed by atoms with Gasteiger partial charge in [0, 0.05) is 12.4 Å². The van der Waals surface area contributed by atoms with Gasteiger partial charge < -0.3 is 15.2 Å². The molecule has 0 radical (unpaired) electrons. The van der Waals surface area contributed by atoms with Gasteiger partial charge in [0.25, 0.3) is 0 Å². The standard InChI is InChI=1S/C11H17N3O2/c1-16-10-9(13-7-8-14-10)11(15)3-2-5-12-6-4-11/h7-8,12,15H,2-6H2,1H3. The lowest BCUT2D eigenvalue weighted by Crippen LogP contribution is -2.29. The molecule has 1 aliphatic rings. The molecule has 16 heavy (non-hydrogen) atoms. The van der Waals surface area contributed by atoms with Crippen LogP contribution in [0.4, 0.5) is 0 Å². The van der Waals surface area contributed by atoms with E-state index in [-0.39, 0.29) is 0 Å². The third kappa shape index (κ3) is 2.15. The summed E-state index contributed by atoms with van der Waals surface area (Å²) in [5.41, 5.74) is -0.357. The number of hydrogen-bond donors (Lipinski definition) is 2. The van der Waals surface area contributed by atoms with E-state index in [2.05, 4.69) is 15.3 Å². The minimum absolute atomic E-state index is 0.423. The van der Waals surface area contributed by atoms with Crippen LogP contribution in [-0.4, -0.2) is 35.3 Å². The highest BCUT2D eigenvalue weighted by atomic mass is 16.5. The summed E-state index contributed by atoms with van der Waals surface area (Å²) >= 11 is 0. The van der Waals surface area contributed by atoms with Gasteiger partial charge in [-0.3, -0.25) is 4.98 Å². The van der Waals surface area contributed by atoms with E-state index in [1.54, 1.807) is 19.5 Å². The molecule has 5 heteroatoms. The fourth-order valence-corrected chi connectivity index (χ4v) is 2.08. The molecule has 1 unspecified atom stereocenters. The fourth-order valence-electron chi connectivity index (χ4n) is 2.08. The summed E-state index contributed by atoms with van der Waals surface area (Å²) in [4.78, 5) is 8.30. The SMILES string of the molecule is COc1nccnc1C1(O)CCCNCC1. The van der Waals surface area contributed by atoms with Crippen molar-refractivity contribution >= 4 is 0 Å². The molecule has 2 rings (SSSR count). The van der Waals surface area contributed by atoms with Crippen LogP contribution in [0.3, 0.4) is 0 Å². The van der Waals surface area contributed by atoms with Gasteiger partial charge in [0.05, 0.1) is 7.11 Å². The van der Waals surface area contributed by atoms with E-state index in [0.29, 0.717) is 24.4 Å². The Kier molecular flexibility index (Phi) is 3.36. The predicted octanol–water partition coefficient (Wildman–Crippen LogP) is 0.446. The van der Waals surface area contributed by atoms with Crippen LogP contribution in [0.15, 0.2) is 12.4 Å². The third-order valence-electron chi connectivity index (χ3n) is 2.96. The van der Waals surface area contributed by atoms with E-state index >= 15 is 0 Å². The summed E-state index contributed by atoms with van der Waals surface area (Å²) < 4.78 is 5.15. The van der Waals surface area contributed by atoms with Gasteiger partial charge in [0.15, 0.2) is 0 Å². The molecule has 0 aliphatic carbocycles. The van der Waals surface area contributed by atoms with Gasteiger partial charge in [0.2, 0.25) is 5.88 Å². The van der Waals surface area contributed by atoms with Crippen molar-refractivity contribution in [3.05, 3.63) is 18.1 Å². The first-order chi connectivity index (χ1) is 7.76. The molecule has 1 aromatic heterocycles. The maximum atomic E-state index is 10.6. The molecule has 0 aromatic carbocycles. The predicted molar refractivity (Wildman–Crippen MR) is 59.2 cm³/mol. The average Bonchev–Trinajstić information content (AvgIpc) is 2.55. The van der Waals surface area contributed by atoms with Gasteiger partial charge in [-0.15, -0.1) is 0 Å². The lowest BCUT2D eigenvalue weighted by atomic mass is 9.91. The van der Waals surface area contributed by atoms with Crippen molar-refractivity contribution < 1.29 is 9.84 Å². The zero-order valence-corrected chi connectivity index (χ0v) is 9.44. The molecule has 1 fully saturated rings. The lowest BCUT2D eigenvalue weighted by Gasteiger charge is -2.26. The van der Waals surface area contributed by atoms with E-state index in [1.165, 1.54) is 0 Å². The Bertz CT molecular complexity index is 349. The van der Waals surface area contributed by atoms with Crippen LogP contribution in [0.25, 0.3) is 0 Å². The smallest absolute Gasteiger partial charge is 0.238 e. The average molecular weight is 223 g/mol. The van der Waals surface area contributed by atoms with Gasteiger partial charge in [-0.05, 0) is 32.4 Å². The van der Waals surface area contributed by atoms with Gasteiger partial charge in [-0.25, -0.2) is 4.98 Å². The summed E-state index contributed by atoms with van der Waals surface area (Å²) in [6.45, 7) is 1.72. The van der Waals surface area contributed by atoms with Crippen molar-refractivity contribution in [2.75, 3.05) is 20.2 Å². The molecule has 5 nitrogen and oxygen atoms in total. The monoisotopic (exact) mass is 223 g/mol. The molecule has 0 saturated carbocycles. The molecular weight excluding hydrogens is 206 g/mol. The normalized spacial score (nSPS) is 26.1. The molecule has 1 aliphatic heterocycles. The van der Waals surface area contributed by atoms with Crippen LogP contribution in [0, 0.1) is 0 Å². The van der Waals surface area contributed by atoms with Crippen molar-refractivity contribution in [1.82, 2.24) is 15.3 Å². The maximum absolute atomic E-state index is 10.6. The van der Waals surface area contributed by atoms with Crippen LogP contribution < -0.4 is 10.1 Å². The van der Waals surface area contributed by atoms with E-state index in [9.17, 15) is 5.11 Å². The van der Waals surface area contributed by atoms with Gasteiger partial charge >= 0.3 is 0 Å². The maximum Gasteiger partial charge on any atom is 0.238 e. The van der Waals surface area contributed by atoms with Crippen molar-refractivity contribution in [3.8, 4) is 5.88 Å². The summed E-state index contributed by atoms with van der Waals surface area (Å²) in [6.07, 6.45) is 5.42. The number of nitrogens with one attached hydrogen (secondary N) is 1. The van der Waals surface area contributed by atoms with Crippen molar-refractivity contribution in [1.29, 1.82) is 0 Å². The van der Waals surface area contributed by atoms with Crippen molar-refractivity contribution in [3.63, 3.8) is 0 Å². The number of rotatable bonds is 2. The summed E-state index contributed by atoms with van der Waals surface area (Å²) in [7, 11) is 1.55. The largest absolute Gasteiger partial charge is 0.480 e. The first kappa shape index (κ1) is 11.3. The van der Waals surface area contributed by atoms with E-state index in [0.717, 1.165) is 19.5 Å². The first-order valence-electron chi connectivity index (χ1n) is 5.55. The molecule has 1 atom stereocenters. The van der Waals surface area contributed by atoms with Crippen LogP contribution in [0.1, 0.15) is 25.0 Å². The third-order valence-corrected chi connectivity index (χ3v) is 2.96. The van der Waals surface area contributed by atoms with Crippen LogP contribution in [0.5, 0.6) is 5.88 Å². The molecular formula is C11H17N3O2. The highest BCUT2D eigenvalue weighted by Gasteiger charge is 2.34. The minimum Gasteiger partial charge on any atom is -0.480 e. The molecule has 2 N–H and O–H groups in total. The molecule has 0 amide bonds. The van der Waals surface area contributed by atoms with Gasteiger partial charge in [0.1, 0.15) is 11.3 Å². The Morgan fingerprint density at radius 2 is 2.12 bits per heavy atom. The molecule has 2 heterocycles. The molecule has 1 aromatic rings. The second kappa shape index (κ2) is 4.76. The lowest BCUT2D eigenvalue weighted by molar-refractivity contribution is 0.0166. The summed E-state index contributed by atoms with van der Waals surface area (Å²) in [6, 6.07) is 0. The Morgan fingerprint density at radius 3 is 2.94 bits per heavy atom. The number of hydrogen-bond acceptors (Lipinski definition) is 5. The van der Waals surface area contributed by atoms with E-state index in [4.69, 9.17) is 4.74 Å². The first-order valence-corrected chi connectivity index (χ1v) is 5.55. The Morgan fingerprint density at radius 1 is 1.31 bits per heavy atom. The molecule has 0 bridgehead atoms. The number of methoxy groups -OCH3 is 1. The Balaban J connectivity index is 2.32. The number of aromatic nitrogens is 2. The fraction of sp³-hybridized carbons (Fsp3) is 0.636. The van der Waals surface area contributed by atoms with Crippen LogP contribution in [-0.2, 0) is 5.60 Å². The number of ether oxygens (including phenoxy) is 1. The van der Waals surface area contributed by atoms with Crippen molar-refractivity contribution in [2.24, 2.45) is 0 Å². The number of aliphatic hydroxyl groups is 1. The Labute approximate surface area is 94.9 Å². The van der Waals surface area contributed by atoms with Crippen LogP contribution in [0.2, 0.25) is 0 Å². The quantitative estimate of drug-likeness (QED) is 0.761. The summed E-state index contributed by atoms with van der Waals surface area (Å²) in [5.74, 6) is 0.423. The second-order valence-electron chi connectivity index (χ2n) is 4.05. The molecule has 88 valence electrons. The number of nitrogens with zero attached hydrogens (tertiary/aromatic N) is 2. The minimum atomic E-state index is -0.914. The molecule has 1 saturated heterocycles. The summed E-state index contributed by atoms with van der Waals surface area (Å²) in [5, 5.41) is 13.9. The van der Waals surface area contributed by atoms with E-state index in [1.807, 2.05) is 0 Å².